The first-order chi connectivity index (χ1) is 9.24. The summed E-state index contributed by atoms with van der Waals surface area (Å²) >= 11 is 0. The zero-order chi connectivity index (χ0) is 13.2. The Hall–Kier alpha value is -1.55. The van der Waals surface area contributed by atoms with Crippen molar-refractivity contribution in [3.8, 4) is 5.75 Å². The van der Waals surface area contributed by atoms with E-state index in [9.17, 15) is 9.90 Å². The van der Waals surface area contributed by atoms with Gasteiger partial charge in [-0.05, 0) is 36.5 Å². The van der Waals surface area contributed by atoms with Crippen LogP contribution < -0.4 is 5.32 Å². The van der Waals surface area contributed by atoms with Crippen molar-refractivity contribution in [2.75, 3.05) is 19.6 Å². The van der Waals surface area contributed by atoms with E-state index < -0.39 is 0 Å². The maximum absolute atomic E-state index is 12.4. The zero-order valence-corrected chi connectivity index (χ0v) is 11.0. The molecule has 2 atom stereocenters. The van der Waals surface area contributed by atoms with Gasteiger partial charge in [0.05, 0.1) is 6.42 Å². The summed E-state index contributed by atoms with van der Waals surface area (Å²) in [6.07, 6.45) is 2.79. The van der Waals surface area contributed by atoms with Crippen LogP contribution in [0.15, 0.2) is 24.3 Å². The Morgan fingerprint density at radius 2 is 2.11 bits per heavy atom. The number of nitrogens with one attached hydrogen (secondary N) is 1. The first kappa shape index (κ1) is 12.5. The van der Waals surface area contributed by atoms with Crippen LogP contribution in [0.3, 0.4) is 0 Å². The molecule has 102 valence electrons. The number of carbonyl (C=O) groups excluding carboxylic acids is 1. The number of likely N-dealkylation sites (tertiary alicyclic amines) is 1. The lowest BCUT2D eigenvalue weighted by Gasteiger charge is -2.37. The van der Waals surface area contributed by atoms with Crippen LogP contribution in [0.5, 0.6) is 5.75 Å². The predicted molar refractivity (Wildman–Crippen MR) is 72.9 cm³/mol. The normalized spacial score (nSPS) is 26.2. The van der Waals surface area contributed by atoms with E-state index in [-0.39, 0.29) is 11.7 Å². The Balaban J connectivity index is 1.67. The second-order valence-electron chi connectivity index (χ2n) is 5.56. The van der Waals surface area contributed by atoms with Crippen LogP contribution in [0.4, 0.5) is 0 Å². The molecule has 2 unspecified atom stereocenters. The molecular weight excluding hydrogens is 240 g/mol. The van der Waals surface area contributed by atoms with Crippen molar-refractivity contribution in [3.63, 3.8) is 0 Å². The van der Waals surface area contributed by atoms with Crippen molar-refractivity contribution < 1.29 is 9.90 Å². The number of aromatic hydroxyl groups is 1. The van der Waals surface area contributed by atoms with Gasteiger partial charge >= 0.3 is 0 Å². The molecule has 2 aliphatic rings. The van der Waals surface area contributed by atoms with Gasteiger partial charge in [0.25, 0.3) is 0 Å². The van der Waals surface area contributed by atoms with Crippen LogP contribution in [0.1, 0.15) is 18.4 Å². The third-order valence-electron chi connectivity index (χ3n) is 4.29. The first-order valence-corrected chi connectivity index (χ1v) is 7.02. The molecule has 19 heavy (non-hydrogen) atoms. The number of benzene rings is 1. The first-order valence-electron chi connectivity index (χ1n) is 7.02. The second-order valence-corrected chi connectivity index (χ2v) is 5.56. The number of fused-ring (bicyclic) bond motifs is 1. The van der Waals surface area contributed by atoms with Gasteiger partial charge in [0.2, 0.25) is 5.91 Å². The molecule has 4 nitrogen and oxygen atoms in total. The number of carbonyl (C=O) groups is 1. The summed E-state index contributed by atoms with van der Waals surface area (Å²) < 4.78 is 0. The van der Waals surface area contributed by atoms with Gasteiger partial charge in [0, 0.05) is 25.7 Å². The predicted octanol–water partition coefficient (Wildman–Crippen LogP) is 1.15. The molecule has 3 rings (SSSR count). The van der Waals surface area contributed by atoms with E-state index in [1.807, 2.05) is 12.1 Å². The molecular formula is C15H20N2O2. The van der Waals surface area contributed by atoms with E-state index in [0.29, 0.717) is 18.4 Å². The number of hydrogen-bond donors (Lipinski definition) is 2. The van der Waals surface area contributed by atoms with Crippen molar-refractivity contribution in [1.29, 1.82) is 0 Å². The molecule has 1 aromatic carbocycles. The molecule has 2 N–H and O–H groups in total. The smallest absolute Gasteiger partial charge is 0.227 e. The molecule has 0 aliphatic carbocycles. The average Bonchev–Trinajstić information content (AvgIpc) is 2.89. The number of phenolic OH excluding ortho intramolecular Hbond substituents is 1. The molecule has 2 heterocycles. The minimum absolute atomic E-state index is 0.212. The van der Waals surface area contributed by atoms with Gasteiger partial charge in [-0.15, -0.1) is 0 Å². The minimum atomic E-state index is 0.212. The largest absolute Gasteiger partial charge is 0.508 e. The molecule has 0 aromatic heterocycles. The van der Waals surface area contributed by atoms with E-state index in [0.717, 1.165) is 31.6 Å². The fourth-order valence-electron chi connectivity index (χ4n) is 3.27. The van der Waals surface area contributed by atoms with Gasteiger partial charge in [0.1, 0.15) is 5.75 Å². The zero-order valence-electron chi connectivity index (χ0n) is 11.0. The van der Waals surface area contributed by atoms with Gasteiger partial charge in [-0.2, -0.15) is 0 Å². The summed E-state index contributed by atoms with van der Waals surface area (Å²) in [6.45, 7) is 2.87. The Labute approximate surface area is 113 Å². The summed E-state index contributed by atoms with van der Waals surface area (Å²) in [4.78, 5) is 14.5. The van der Waals surface area contributed by atoms with Gasteiger partial charge in [0.15, 0.2) is 0 Å². The Kier molecular flexibility index (Phi) is 3.42. The maximum atomic E-state index is 12.4. The van der Waals surface area contributed by atoms with Crippen LogP contribution in [-0.4, -0.2) is 41.6 Å². The Morgan fingerprint density at radius 3 is 2.89 bits per heavy atom. The monoisotopic (exact) mass is 260 g/mol. The van der Waals surface area contributed by atoms with E-state index in [4.69, 9.17) is 0 Å². The Bertz CT molecular complexity index is 458. The van der Waals surface area contributed by atoms with Gasteiger partial charge in [-0.3, -0.25) is 4.79 Å². The molecule has 2 saturated heterocycles. The van der Waals surface area contributed by atoms with Gasteiger partial charge in [-0.25, -0.2) is 0 Å². The third-order valence-corrected chi connectivity index (χ3v) is 4.29. The quantitative estimate of drug-likeness (QED) is 0.838. The highest BCUT2D eigenvalue weighted by atomic mass is 16.3. The summed E-state index contributed by atoms with van der Waals surface area (Å²) in [5, 5.41) is 12.7. The molecule has 4 heteroatoms. The van der Waals surface area contributed by atoms with Gasteiger partial charge < -0.3 is 15.3 Å². The summed E-state index contributed by atoms with van der Waals surface area (Å²) in [5.41, 5.74) is 0.968. The number of phenols is 1. The van der Waals surface area contributed by atoms with Crippen LogP contribution in [-0.2, 0) is 11.2 Å². The molecule has 0 saturated carbocycles. The number of piperidine rings is 1. The molecule has 2 aliphatic heterocycles. The molecule has 0 spiro atoms. The number of hydrogen-bond acceptors (Lipinski definition) is 3. The third kappa shape index (κ3) is 2.59. The molecule has 1 amide bonds. The number of nitrogens with zero attached hydrogens (tertiary/aromatic N) is 1. The number of amides is 1. The molecule has 0 bridgehead atoms. The second kappa shape index (κ2) is 5.21. The fraction of sp³-hybridized carbons (Fsp3) is 0.533. The Morgan fingerprint density at radius 1 is 1.32 bits per heavy atom. The molecule has 2 fully saturated rings. The summed E-state index contributed by atoms with van der Waals surface area (Å²) in [7, 11) is 0. The molecule has 1 aromatic rings. The van der Waals surface area contributed by atoms with Crippen molar-refractivity contribution in [1.82, 2.24) is 10.2 Å². The maximum Gasteiger partial charge on any atom is 0.227 e. The topological polar surface area (TPSA) is 52.6 Å². The lowest BCUT2D eigenvalue weighted by atomic mass is 9.91. The average molecular weight is 260 g/mol. The van der Waals surface area contributed by atoms with E-state index in [2.05, 4.69) is 10.2 Å². The lowest BCUT2D eigenvalue weighted by Crippen LogP contribution is -2.48. The standard InChI is InChI=1S/C15H20N2O2/c18-13-5-3-11(4-6-13)8-15(19)17-7-1-2-12-9-16-10-14(12)17/h3-6,12,14,16,18H,1-2,7-10H2. The number of rotatable bonds is 2. The van der Waals surface area contributed by atoms with Crippen LogP contribution in [0.2, 0.25) is 0 Å². The van der Waals surface area contributed by atoms with Gasteiger partial charge in [-0.1, -0.05) is 12.1 Å². The van der Waals surface area contributed by atoms with Crippen molar-refractivity contribution >= 4 is 5.91 Å². The van der Waals surface area contributed by atoms with Crippen LogP contribution in [0, 0.1) is 5.92 Å². The highest BCUT2D eigenvalue weighted by Crippen LogP contribution is 2.27. The van der Waals surface area contributed by atoms with E-state index in [1.165, 1.54) is 6.42 Å². The highest BCUT2D eigenvalue weighted by molar-refractivity contribution is 5.79. The molecule has 0 radical (unpaired) electrons. The SMILES string of the molecule is O=C(Cc1ccc(O)cc1)N1CCCC2CNCC21. The summed E-state index contributed by atoms with van der Waals surface area (Å²) in [6, 6.07) is 7.30. The minimum Gasteiger partial charge on any atom is -0.508 e. The van der Waals surface area contributed by atoms with Crippen LogP contribution >= 0.6 is 0 Å². The van der Waals surface area contributed by atoms with Crippen molar-refractivity contribution in [2.24, 2.45) is 5.92 Å². The lowest BCUT2D eigenvalue weighted by molar-refractivity contribution is -0.134. The fourth-order valence-corrected chi connectivity index (χ4v) is 3.27. The van der Waals surface area contributed by atoms with E-state index in [1.54, 1.807) is 12.1 Å². The van der Waals surface area contributed by atoms with Crippen LogP contribution in [0.25, 0.3) is 0 Å². The highest BCUT2D eigenvalue weighted by Gasteiger charge is 2.36. The summed E-state index contributed by atoms with van der Waals surface area (Å²) in [5.74, 6) is 1.09. The van der Waals surface area contributed by atoms with Crippen molar-refractivity contribution in [3.05, 3.63) is 29.8 Å². The van der Waals surface area contributed by atoms with E-state index >= 15 is 0 Å². The van der Waals surface area contributed by atoms with Crippen molar-refractivity contribution in [2.45, 2.75) is 25.3 Å².